The van der Waals surface area contributed by atoms with E-state index < -0.39 is 15.8 Å². The summed E-state index contributed by atoms with van der Waals surface area (Å²) < 4.78 is 41.1. The molecule has 1 aromatic rings. The van der Waals surface area contributed by atoms with E-state index in [4.69, 9.17) is 0 Å². The van der Waals surface area contributed by atoms with Crippen LogP contribution in [0.3, 0.4) is 0 Å². The molecule has 0 aliphatic carbocycles. The van der Waals surface area contributed by atoms with Gasteiger partial charge in [-0.25, -0.2) is 12.8 Å². The first-order valence-corrected chi connectivity index (χ1v) is 8.33. The van der Waals surface area contributed by atoms with Crippen LogP contribution >= 0.6 is 15.9 Å². The average Bonchev–Trinajstić information content (AvgIpc) is 2.88. The van der Waals surface area contributed by atoms with E-state index in [0.717, 1.165) is 12.8 Å². The molecule has 4 nitrogen and oxygen atoms in total. The Morgan fingerprint density at radius 1 is 1.37 bits per heavy atom. The van der Waals surface area contributed by atoms with Crippen molar-refractivity contribution in [1.82, 2.24) is 9.62 Å². The second-order valence-electron chi connectivity index (χ2n) is 4.52. The van der Waals surface area contributed by atoms with Crippen LogP contribution in [0.25, 0.3) is 0 Å². The van der Waals surface area contributed by atoms with Crippen molar-refractivity contribution in [2.45, 2.75) is 24.3 Å². The minimum absolute atomic E-state index is 0.242. The molecule has 0 bridgehead atoms. The summed E-state index contributed by atoms with van der Waals surface area (Å²) in [4.78, 5) is -0.242. The first-order valence-electron chi connectivity index (χ1n) is 6.09. The van der Waals surface area contributed by atoms with Crippen molar-refractivity contribution in [2.24, 2.45) is 0 Å². The van der Waals surface area contributed by atoms with Crippen LogP contribution in [0.15, 0.2) is 21.5 Å². The summed E-state index contributed by atoms with van der Waals surface area (Å²) in [5.41, 5.74) is 0.342. The molecule has 1 aliphatic heterocycles. The van der Waals surface area contributed by atoms with Crippen molar-refractivity contribution < 1.29 is 12.8 Å². The summed E-state index contributed by atoms with van der Waals surface area (Å²) in [5, 5.41) is 2.83. The maximum atomic E-state index is 14.3. The summed E-state index contributed by atoms with van der Waals surface area (Å²) in [5.74, 6) is -0.663. The molecule has 1 aliphatic rings. The fourth-order valence-corrected chi connectivity index (χ4v) is 4.50. The first kappa shape index (κ1) is 14.9. The lowest BCUT2D eigenvalue weighted by Crippen LogP contribution is -2.29. The maximum absolute atomic E-state index is 14.3. The van der Waals surface area contributed by atoms with Gasteiger partial charge in [0.2, 0.25) is 10.0 Å². The quantitative estimate of drug-likeness (QED) is 0.904. The van der Waals surface area contributed by atoms with Gasteiger partial charge in [-0.05, 0) is 32.0 Å². The normalized spacial score (nSPS) is 17.0. The fraction of sp³-hybridized carbons (Fsp3) is 0.500. The number of halogens is 2. The average molecular weight is 351 g/mol. The topological polar surface area (TPSA) is 49.4 Å². The molecule has 2 rings (SSSR count). The highest BCUT2D eigenvalue weighted by Gasteiger charge is 2.30. The second-order valence-corrected chi connectivity index (χ2v) is 7.34. The van der Waals surface area contributed by atoms with Gasteiger partial charge in [-0.1, -0.05) is 15.9 Å². The largest absolute Gasteiger partial charge is 0.316 e. The second kappa shape index (κ2) is 5.87. The van der Waals surface area contributed by atoms with Crippen LogP contribution in [0.5, 0.6) is 0 Å². The van der Waals surface area contributed by atoms with Gasteiger partial charge in [0.25, 0.3) is 0 Å². The molecular formula is C12H16BrFN2O2S. The summed E-state index contributed by atoms with van der Waals surface area (Å²) in [7, 11) is -2.04. The van der Waals surface area contributed by atoms with E-state index >= 15 is 0 Å². The Labute approximate surface area is 121 Å². The van der Waals surface area contributed by atoms with Gasteiger partial charge in [0, 0.05) is 29.7 Å². The van der Waals surface area contributed by atoms with E-state index in [1.165, 1.54) is 10.4 Å². The van der Waals surface area contributed by atoms with Crippen molar-refractivity contribution in [2.75, 3.05) is 20.1 Å². The zero-order valence-electron chi connectivity index (χ0n) is 10.6. The predicted molar refractivity (Wildman–Crippen MR) is 74.9 cm³/mol. The zero-order valence-corrected chi connectivity index (χ0v) is 13.0. The standard InChI is InChI=1S/C12H16BrFN2O2S/c1-15-8-9-6-10(13)7-11(12(9)14)19(17,18)16-4-2-3-5-16/h6-7,15H,2-5,8H2,1H3. The van der Waals surface area contributed by atoms with E-state index in [-0.39, 0.29) is 11.4 Å². The van der Waals surface area contributed by atoms with E-state index in [1.807, 2.05) is 0 Å². The van der Waals surface area contributed by atoms with Crippen LogP contribution in [-0.4, -0.2) is 32.9 Å². The van der Waals surface area contributed by atoms with E-state index in [9.17, 15) is 12.8 Å². The molecule has 106 valence electrons. The molecule has 1 heterocycles. The van der Waals surface area contributed by atoms with Crippen molar-refractivity contribution in [3.8, 4) is 0 Å². The maximum Gasteiger partial charge on any atom is 0.246 e. The van der Waals surface area contributed by atoms with Crippen LogP contribution in [-0.2, 0) is 16.6 Å². The number of benzene rings is 1. The van der Waals surface area contributed by atoms with Gasteiger partial charge in [0.05, 0.1) is 0 Å². The number of nitrogens with zero attached hydrogens (tertiary/aromatic N) is 1. The van der Waals surface area contributed by atoms with Crippen LogP contribution in [0.1, 0.15) is 18.4 Å². The third-order valence-electron chi connectivity index (χ3n) is 3.13. The molecule has 0 atom stereocenters. The lowest BCUT2D eigenvalue weighted by Gasteiger charge is -2.17. The number of hydrogen-bond donors (Lipinski definition) is 1. The van der Waals surface area contributed by atoms with Gasteiger partial charge in [0.15, 0.2) is 0 Å². The van der Waals surface area contributed by atoms with Crippen molar-refractivity contribution >= 4 is 26.0 Å². The van der Waals surface area contributed by atoms with Crippen LogP contribution in [0, 0.1) is 5.82 Å². The molecule has 7 heteroatoms. The number of hydrogen-bond acceptors (Lipinski definition) is 3. The Morgan fingerprint density at radius 2 is 2.00 bits per heavy atom. The van der Waals surface area contributed by atoms with Crippen LogP contribution in [0.4, 0.5) is 4.39 Å². The summed E-state index contributed by atoms with van der Waals surface area (Å²) in [6.45, 7) is 1.22. The summed E-state index contributed by atoms with van der Waals surface area (Å²) in [6.07, 6.45) is 1.66. The van der Waals surface area contributed by atoms with Crippen LogP contribution in [0.2, 0.25) is 0 Å². The molecule has 1 saturated heterocycles. The Balaban J connectivity index is 2.49. The van der Waals surface area contributed by atoms with E-state index in [1.54, 1.807) is 13.1 Å². The van der Waals surface area contributed by atoms with Crippen molar-refractivity contribution in [1.29, 1.82) is 0 Å². The van der Waals surface area contributed by atoms with E-state index in [0.29, 0.717) is 23.1 Å². The number of sulfonamides is 1. The minimum Gasteiger partial charge on any atom is -0.316 e. The lowest BCUT2D eigenvalue weighted by atomic mass is 10.2. The molecule has 19 heavy (non-hydrogen) atoms. The molecule has 0 unspecified atom stereocenters. The minimum atomic E-state index is -3.73. The van der Waals surface area contributed by atoms with Gasteiger partial charge in [-0.3, -0.25) is 0 Å². The SMILES string of the molecule is CNCc1cc(Br)cc(S(=O)(=O)N2CCCC2)c1F. The molecule has 0 spiro atoms. The highest BCUT2D eigenvalue weighted by molar-refractivity contribution is 9.10. The molecular weight excluding hydrogens is 335 g/mol. The number of nitrogens with one attached hydrogen (secondary N) is 1. The van der Waals surface area contributed by atoms with Crippen molar-refractivity contribution in [3.05, 3.63) is 28.0 Å². The third kappa shape index (κ3) is 2.99. The molecule has 0 aromatic heterocycles. The molecule has 0 saturated carbocycles. The Bertz CT molecular complexity index is 571. The lowest BCUT2D eigenvalue weighted by molar-refractivity contribution is 0.468. The Kier molecular flexibility index (Phi) is 4.60. The molecule has 1 N–H and O–H groups in total. The molecule has 0 radical (unpaired) electrons. The Hall–Kier alpha value is -0.500. The monoisotopic (exact) mass is 350 g/mol. The summed E-state index contributed by atoms with van der Waals surface area (Å²) in [6, 6.07) is 2.93. The van der Waals surface area contributed by atoms with Gasteiger partial charge < -0.3 is 5.32 Å². The smallest absolute Gasteiger partial charge is 0.246 e. The predicted octanol–water partition coefficient (Wildman–Crippen LogP) is 2.09. The fourth-order valence-electron chi connectivity index (χ4n) is 2.19. The van der Waals surface area contributed by atoms with Crippen LogP contribution < -0.4 is 5.32 Å². The van der Waals surface area contributed by atoms with Crippen molar-refractivity contribution in [3.63, 3.8) is 0 Å². The highest BCUT2D eigenvalue weighted by atomic mass is 79.9. The highest BCUT2D eigenvalue weighted by Crippen LogP contribution is 2.28. The van der Waals surface area contributed by atoms with E-state index in [2.05, 4.69) is 21.2 Å². The molecule has 1 fully saturated rings. The van der Waals surface area contributed by atoms with Gasteiger partial charge in [-0.15, -0.1) is 0 Å². The van der Waals surface area contributed by atoms with Gasteiger partial charge in [0.1, 0.15) is 10.7 Å². The number of rotatable bonds is 4. The zero-order chi connectivity index (χ0) is 14.0. The first-order chi connectivity index (χ1) is 8.96. The molecule has 0 amide bonds. The summed E-state index contributed by atoms with van der Waals surface area (Å²) >= 11 is 3.24. The van der Waals surface area contributed by atoms with Gasteiger partial charge >= 0.3 is 0 Å². The van der Waals surface area contributed by atoms with Gasteiger partial charge in [-0.2, -0.15) is 4.31 Å². The third-order valence-corrected chi connectivity index (χ3v) is 5.49. The Morgan fingerprint density at radius 3 is 2.58 bits per heavy atom. The molecule has 1 aromatic carbocycles.